The van der Waals surface area contributed by atoms with E-state index in [0.29, 0.717) is 41.4 Å². The molecular weight excluding hydrogens is 536 g/mol. The summed E-state index contributed by atoms with van der Waals surface area (Å²) < 4.78 is 5.68. The molecular formula is C31H35N6O5+. The second-order valence-corrected chi connectivity index (χ2v) is 11.1. The minimum Gasteiger partial charge on any atom is -0.508 e. The number of likely N-dealkylation sites (N-methyl/N-ethyl adjacent to an activating group) is 1. The summed E-state index contributed by atoms with van der Waals surface area (Å²) in [5.41, 5.74) is 8.97. The number of anilines is 1. The second-order valence-electron chi connectivity index (χ2n) is 11.1. The van der Waals surface area contributed by atoms with E-state index in [4.69, 9.17) is 10.3 Å². The van der Waals surface area contributed by atoms with E-state index in [1.807, 2.05) is 12.1 Å². The van der Waals surface area contributed by atoms with E-state index < -0.39 is 18.0 Å². The zero-order valence-electron chi connectivity index (χ0n) is 23.6. The zero-order chi connectivity index (χ0) is 29.9. The predicted octanol–water partition coefficient (Wildman–Crippen LogP) is 3.81. The van der Waals surface area contributed by atoms with Crippen molar-refractivity contribution in [3.63, 3.8) is 0 Å². The highest BCUT2D eigenvalue weighted by atomic mass is 16.5. The number of quaternary nitrogens is 1. The SMILES string of the molecule is Cc1nc(-c2ccc(NC(=O)N([C@@H]3CC[N+](C)(Cc4cccc(O)c4)C3)[C@@H](Cc3ccc(O)cc3)C(N)=O)cc2)no1. The van der Waals surface area contributed by atoms with E-state index in [2.05, 4.69) is 22.5 Å². The molecule has 1 unspecified atom stereocenters. The van der Waals surface area contributed by atoms with Crippen LogP contribution >= 0.6 is 0 Å². The van der Waals surface area contributed by atoms with Crippen molar-refractivity contribution in [2.45, 2.75) is 38.4 Å². The number of phenolic OH excluding ortho intramolecular Hbond substituents is 2. The average Bonchev–Trinajstić information content (AvgIpc) is 3.55. The van der Waals surface area contributed by atoms with Crippen LogP contribution in [0.25, 0.3) is 11.4 Å². The number of hydrogen-bond acceptors (Lipinski definition) is 7. The number of carbonyl (C=O) groups is 2. The van der Waals surface area contributed by atoms with Gasteiger partial charge in [0.2, 0.25) is 17.6 Å². The van der Waals surface area contributed by atoms with Gasteiger partial charge in [-0.05, 0) is 54.1 Å². The molecule has 42 heavy (non-hydrogen) atoms. The fraction of sp³-hybridized carbons (Fsp3) is 0.290. The first-order chi connectivity index (χ1) is 20.1. The van der Waals surface area contributed by atoms with Crippen molar-refractivity contribution in [2.24, 2.45) is 5.73 Å². The van der Waals surface area contributed by atoms with Crippen LogP contribution in [0.5, 0.6) is 11.5 Å². The third-order valence-corrected chi connectivity index (χ3v) is 7.71. The largest absolute Gasteiger partial charge is 0.508 e. The van der Waals surface area contributed by atoms with Crippen molar-refractivity contribution in [3.05, 3.63) is 89.8 Å². The standard InChI is InChI=1S/C31H34N6O5/c1-20-33-30(35-42-20)23-8-10-24(11-9-23)34-31(41)36(28(29(32)40)17-21-6-12-26(38)13-7-21)25-14-15-37(2,19-25)18-22-4-3-5-27(39)16-22/h3-13,16,25,28H,14-15,17-19H2,1-2H3,(H4-,32,34,35,38,39,40,41)/p+1/t25-,28+,37?/m1/s1. The Morgan fingerprint density at radius 2 is 1.81 bits per heavy atom. The number of aryl methyl sites for hydroxylation is 1. The molecule has 0 radical (unpaired) electrons. The van der Waals surface area contributed by atoms with Gasteiger partial charge in [-0.1, -0.05) is 29.4 Å². The molecule has 3 aromatic carbocycles. The van der Waals surface area contributed by atoms with E-state index in [9.17, 15) is 19.8 Å². The molecule has 1 saturated heterocycles. The van der Waals surface area contributed by atoms with Crippen molar-refractivity contribution < 1.29 is 28.8 Å². The second kappa shape index (κ2) is 11.9. The zero-order valence-corrected chi connectivity index (χ0v) is 23.6. The number of hydrogen-bond donors (Lipinski definition) is 4. The van der Waals surface area contributed by atoms with Gasteiger partial charge >= 0.3 is 6.03 Å². The Morgan fingerprint density at radius 3 is 2.45 bits per heavy atom. The number of nitrogens with two attached hydrogens (primary N) is 1. The van der Waals surface area contributed by atoms with Crippen LogP contribution in [0.3, 0.4) is 0 Å². The van der Waals surface area contributed by atoms with E-state index in [1.165, 1.54) is 0 Å². The van der Waals surface area contributed by atoms with Gasteiger partial charge in [0.1, 0.15) is 24.1 Å². The number of rotatable bonds is 9. The lowest BCUT2D eigenvalue weighted by Crippen LogP contribution is -2.56. The molecule has 4 aromatic rings. The molecule has 5 rings (SSSR count). The molecule has 3 atom stereocenters. The Morgan fingerprint density at radius 1 is 1.07 bits per heavy atom. The fourth-order valence-electron chi connectivity index (χ4n) is 5.68. The Kier molecular flexibility index (Phi) is 8.12. The molecule has 1 aliphatic rings. The molecule has 218 valence electrons. The Bertz CT molecular complexity index is 1550. The van der Waals surface area contributed by atoms with Gasteiger partial charge in [0.15, 0.2) is 0 Å². The van der Waals surface area contributed by atoms with Gasteiger partial charge in [-0.2, -0.15) is 4.98 Å². The highest BCUT2D eigenvalue weighted by molar-refractivity contribution is 5.94. The number of benzene rings is 3. The molecule has 0 spiro atoms. The number of amides is 3. The van der Waals surface area contributed by atoms with Crippen LogP contribution in [0, 0.1) is 6.92 Å². The highest BCUT2D eigenvalue weighted by Gasteiger charge is 2.43. The first kappa shape index (κ1) is 28.6. The van der Waals surface area contributed by atoms with Gasteiger partial charge in [-0.25, -0.2) is 4.79 Å². The van der Waals surface area contributed by atoms with E-state index in [-0.39, 0.29) is 24.0 Å². The quantitative estimate of drug-likeness (QED) is 0.223. The first-order valence-corrected chi connectivity index (χ1v) is 13.8. The van der Waals surface area contributed by atoms with Gasteiger partial charge < -0.3 is 35.2 Å². The highest BCUT2D eigenvalue weighted by Crippen LogP contribution is 2.29. The molecule has 0 bridgehead atoms. The summed E-state index contributed by atoms with van der Waals surface area (Å²) in [5.74, 6) is 0.605. The molecule has 0 aliphatic carbocycles. The number of primary amides is 1. The Labute approximate surface area is 243 Å². The van der Waals surface area contributed by atoms with Crippen LogP contribution in [-0.2, 0) is 17.8 Å². The van der Waals surface area contributed by atoms with Crippen molar-refractivity contribution in [1.29, 1.82) is 0 Å². The number of urea groups is 1. The smallest absolute Gasteiger partial charge is 0.323 e. The molecule has 11 nitrogen and oxygen atoms in total. The fourth-order valence-corrected chi connectivity index (χ4v) is 5.68. The molecule has 0 saturated carbocycles. The summed E-state index contributed by atoms with van der Waals surface area (Å²) >= 11 is 0. The van der Waals surface area contributed by atoms with Gasteiger partial charge in [0.05, 0.1) is 26.2 Å². The van der Waals surface area contributed by atoms with Crippen LogP contribution in [0.15, 0.2) is 77.3 Å². The monoisotopic (exact) mass is 571 g/mol. The first-order valence-electron chi connectivity index (χ1n) is 13.8. The van der Waals surface area contributed by atoms with Crippen LogP contribution < -0.4 is 11.1 Å². The summed E-state index contributed by atoms with van der Waals surface area (Å²) in [6.45, 7) is 3.74. The van der Waals surface area contributed by atoms with E-state index in [1.54, 1.807) is 72.5 Å². The maximum atomic E-state index is 13.9. The maximum Gasteiger partial charge on any atom is 0.323 e. The third kappa shape index (κ3) is 6.69. The molecule has 1 aromatic heterocycles. The number of likely N-dealkylation sites (tertiary alicyclic amines) is 1. The van der Waals surface area contributed by atoms with Crippen LogP contribution in [-0.4, -0.2) is 73.9 Å². The minimum atomic E-state index is -0.923. The summed E-state index contributed by atoms with van der Waals surface area (Å²) in [5, 5.41) is 26.6. The summed E-state index contributed by atoms with van der Waals surface area (Å²) in [6, 6.07) is 19.1. The lowest BCUT2D eigenvalue weighted by atomic mass is 10.0. The number of aromatic hydroxyl groups is 2. The summed E-state index contributed by atoms with van der Waals surface area (Å²) in [4.78, 5) is 32.7. The van der Waals surface area contributed by atoms with Crippen molar-refractivity contribution >= 4 is 17.6 Å². The van der Waals surface area contributed by atoms with Gasteiger partial charge in [-0.3, -0.25) is 4.79 Å². The molecule has 1 fully saturated rings. The maximum absolute atomic E-state index is 13.9. The lowest BCUT2D eigenvalue weighted by Gasteiger charge is -2.36. The van der Waals surface area contributed by atoms with Gasteiger partial charge in [-0.15, -0.1) is 0 Å². The molecule has 1 aliphatic heterocycles. The average molecular weight is 572 g/mol. The number of nitrogens with zero attached hydrogens (tertiary/aromatic N) is 4. The van der Waals surface area contributed by atoms with Crippen LogP contribution in [0.4, 0.5) is 10.5 Å². The Balaban J connectivity index is 1.40. The number of nitrogens with one attached hydrogen (secondary N) is 1. The molecule has 3 amide bonds. The minimum absolute atomic E-state index is 0.110. The number of phenols is 2. The van der Waals surface area contributed by atoms with Crippen LogP contribution in [0.1, 0.15) is 23.4 Å². The van der Waals surface area contributed by atoms with E-state index >= 15 is 0 Å². The van der Waals surface area contributed by atoms with Gasteiger partial charge in [0, 0.05) is 36.6 Å². The predicted molar refractivity (Wildman–Crippen MR) is 156 cm³/mol. The normalized spacial score (nSPS) is 18.9. The summed E-state index contributed by atoms with van der Waals surface area (Å²) in [7, 11) is 2.11. The topological polar surface area (TPSA) is 155 Å². The van der Waals surface area contributed by atoms with Crippen molar-refractivity contribution in [2.75, 3.05) is 25.5 Å². The number of aromatic nitrogens is 2. The van der Waals surface area contributed by atoms with Gasteiger partial charge in [0.25, 0.3) is 0 Å². The Hall–Kier alpha value is -4.90. The lowest BCUT2D eigenvalue weighted by molar-refractivity contribution is -0.911. The summed E-state index contributed by atoms with van der Waals surface area (Å²) in [6.07, 6.45) is 0.865. The van der Waals surface area contributed by atoms with Crippen molar-refractivity contribution in [3.8, 4) is 22.9 Å². The molecule has 2 heterocycles. The molecule has 5 N–H and O–H groups in total. The van der Waals surface area contributed by atoms with Crippen LogP contribution in [0.2, 0.25) is 0 Å². The molecule has 11 heteroatoms. The van der Waals surface area contributed by atoms with E-state index in [0.717, 1.165) is 23.2 Å². The van der Waals surface area contributed by atoms with Crippen molar-refractivity contribution in [1.82, 2.24) is 15.0 Å². The third-order valence-electron chi connectivity index (χ3n) is 7.71. The number of carbonyl (C=O) groups excluding carboxylic acids is 2.